The molecule has 1 aliphatic rings. The monoisotopic (exact) mass is 214 g/mol. The summed E-state index contributed by atoms with van der Waals surface area (Å²) in [6, 6.07) is 0.772. The largest absolute Gasteiger partial charge is 0.396 e. The molecule has 1 fully saturated rings. The molecule has 0 radical (unpaired) electrons. The molecular formula is C12H26N2O. The van der Waals surface area contributed by atoms with Crippen LogP contribution in [0.5, 0.6) is 0 Å². The normalized spacial score (nSPS) is 22.8. The molecule has 1 atom stereocenters. The molecule has 0 aromatic heterocycles. The molecule has 1 unspecified atom stereocenters. The minimum atomic E-state index is 0.348. The lowest BCUT2D eigenvalue weighted by atomic mass is 10.2. The van der Waals surface area contributed by atoms with Crippen LogP contribution in [0.2, 0.25) is 0 Å². The van der Waals surface area contributed by atoms with Crippen LogP contribution in [0.4, 0.5) is 0 Å². The Bertz CT molecular complexity index is 162. The molecule has 0 saturated carbocycles. The van der Waals surface area contributed by atoms with Gasteiger partial charge < -0.3 is 10.0 Å². The standard InChI is InChI=1S/C12H26N2O/c1-13(2)11-12-7-6-9-14(12)8-4-3-5-10-15/h12,15H,3-11H2,1-2H3. The van der Waals surface area contributed by atoms with Crippen LogP contribution >= 0.6 is 0 Å². The summed E-state index contributed by atoms with van der Waals surface area (Å²) in [7, 11) is 4.31. The Morgan fingerprint density at radius 3 is 2.73 bits per heavy atom. The maximum absolute atomic E-state index is 8.71. The number of likely N-dealkylation sites (tertiary alicyclic amines) is 1. The Hall–Kier alpha value is -0.120. The van der Waals surface area contributed by atoms with E-state index in [0.29, 0.717) is 6.61 Å². The van der Waals surface area contributed by atoms with Gasteiger partial charge in [-0.1, -0.05) is 0 Å². The van der Waals surface area contributed by atoms with Crippen molar-refractivity contribution in [3.63, 3.8) is 0 Å². The van der Waals surface area contributed by atoms with Gasteiger partial charge in [-0.15, -0.1) is 0 Å². The SMILES string of the molecule is CN(C)CC1CCCN1CCCCCO. The molecular weight excluding hydrogens is 188 g/mol. The first kappa shape index (κ1) is 12.9. The number of aliphatic hydroxyl groups is 1. The number of aliphatic hydroxyl groups excluding tert-OH is 1. The van der Waals surface area contributed by atoms with Crippen LogP contribution < -0.4 is 0 Å². The zero-order valence-corrected chi connectivity index (χ0v) is 10.3. The second kappa shape index (κ2) is 7.20. The highest BCUT2D eigenvalue weighted by molar-refractivity contribution is 4.80. The molecule has 0 spiro atoms. The summed E-state index contributed by atoms with van der Waals surface area (Å²) in [5, 5.41) is 8.71. The Labute approximate surface area is 94.1 Å². The molecule has 0 bridgehead atoms. The predicted octanol–water partition coefficient (Wildman–Crippen LogP) is 1.17. The van der Waals surface area contributed by atoms with Crippen molar-refractivity contribution in [3.8, 4) is 0 Å². The lowest BCUT2D eigenvalue weighted by Gasteiger charge is -2.26. The highest BCUT2D eigenvalue weighted by atomic mass is 16.2. The summed E-state index contributed by atoms with van der Waals surface area (Å²) in [4.78, 5) is 4.91. The van der Waals surface area contributed by atoms with Crippen LogP contribution in [0.15, 0.2) is 0 Å². The van der Waals surface area contributed by atoms with Gasteiger partial charge in [0.15, 0.2) is 0 Å². The zero-order valence-electron chi connectivity index (χ0n) is 10.3. The molecule has 1 heterocycles. The van der Waals surface area contributed by atoms with Crippen LogP contribution in [0, 0.1) is 0 Å². The number of unbranched alkanes of at least 4 members (excludes halogenated alkanes) is 2. The topological polar surface area (TPSA) is 26.7 Å². The van der Waals surface area contributed by atoms with E-state index in [0.717, 1.165) is 12.5 Å². The van der Waals surface area contributed by atoms with Crippen molar-refractivity contribution in [1.82, 2.24) is 9.80 Å². The molecule has 1 N–H and O–H groups in total. The van der Waals surface area contributed by atoms with Gasteiger partial charge in [-0.2, -0.15) is 0 Å². The Kier molecular flexibility index (Phi) is 6.22. The fourth-order valence-electron chi connectivity index (χ4n) is 2.42. The molecule has 3 nitrogen and oxygen atoms in total. The quantitative estimate of drug-likeness (QED) is 0.645. The highest BCUT2D eigenvalue weighted by Crippen LogP contribution is 2.18. The molecule has 15 heavy (non-hydrogen) atoms. The number of likely N-dealkylation sites (N-methyl/N-ethyl adjacent to an activating group) is 1. The summed E-state index contributed by atoms with van der Waals surface area (Å²) < 4.78 is 0. The predicted molar refractivity (Wildman–Crippen MR) is 64.1 cm³/mol. The van der Waals surface area contributed by atoms with Gasteiger partial charge >= 0.3 is 0 Å². The fourth-order valence-corrected chi connectivity index (χ4v) is 2.42. The Morgan fingerprint density at radius 2 is 2.07 bits per heavy atom. The average Bonchev–Trinajstić information content (AvgIpc) is 2.59. The van der Waals surface area contributed by atoms with Gasteiger partial charge in [0, 0.05) is 19.2 Å². The van der Waals surface area contributed by atoms with Crippen molar-refractivity contribution < 1.29 is 5.11 Å². The number of rotatable bonds is 7. The van der Waals surface area contributed by atoms with Crippen LogP contribution in [0.3, 0.4) is 0 Å². The zero-order chi connectivity index (χ0) is 11.1. The van der Waals surface area contributed by atoms with Crippen molar-refractivity contribution in [2.75, 3.05) is 40.3 Å². The van der Waals surface area contributed by atoms with Crippen molar-refractivity contribution in [2.45, 2.75) is 38.1 Å². The molecule has 0 aromatic carbocycles. The summed E-state index contributed by atoms with van der Waals surface area (Å²) in [5.74, 6) is 0. The second-order valence-electron chi connectivity index (χ2n) is 4.88. The van der Waals surface area contributed by atoms with E-state index in [1.165, 1.54) is 45.3 Å². The third-order valence-corrected chi connectivity index (χ3v) is 3.18. The van der Waals surface area contributed by atoms with Crippen molar-refractivity contribution in [1.29, 1.82) is 0 Å². The minimum absolute atomic E-state index is 0.348. The van der Waals surface area contributed by atoms with Gasteiger partial charge in [-0.05, 0) is 59.3 Å². The van der Waals surface area contributed by atoms with Crippen LogP contribution in [-0.4, -0.2) is 61.3 Å². The van der Waals surface area contributed by atoms with Gasteiger partial charge in [0.05, 0.1) is 0 Å². The van der Waals surface area contributed by atoms with Gasteiger partial charge in [0.25, 0.3) is 0 Å². The maximum atomic E-state index is 8.71. The first-order valence-corrected chi connectivity index (χ1v) is 6.23. The number of hydrogen-bond donors (Lipinski definition) is 1. The first-order valence-electron chi connectivity index (χ1n) is 6.23. The van der Waals surface area contributed by atoms with E-state index < -0.39 is 0 Å². The van der Waals surface area contributed by atoms with E-state index in [2.05, 4.69) is 23.9 Å². The Balaban J connectivity index is 2.15. The van der Waals surface area contributed by atoms with Gasteiger partial charge in [-0.3, -0.25) is 4.90 Å². The summed E-state index contributed by atoms with van der Waals surface area (Å²) in [5.41, 5.74) is 0. The van der Waals surface area contributed by atoms with Crippen LogP contribution in [0.25, 0.3) is 0 Å². The molecule has 90 valence electrons. The fraction of sp³-hybridized carbons (Fsp3) is 1.00. The van der Waals surface area contributed by atoms with Crippen LogP contribution in [0.1, 0.15) is 32.1 Å². The van der Waals surface area contributed by atoms with Gasteiger partial charge in [0.2, 0.25) is 0 Å². The molecule has 1 aliphatic heterocycles. The summed E-state index contributed by atoms with van der Waals surface area (Å²) in [6.07, 6.45) is 6.09. The van der Waals surface area contributed by atoms with Crippen LogP contribution in [-0.2, 0) is 0 Å². The molecule has 0 aliphatic carbocycles. The van der Waals surface area contributed by atoms with E-state index in [9.17, 15) is 0 Å². The smallest absolute Gasteiger partial charge is 0.0431 e. The molecule has 3 heteroatoms. The second-order valence-corrected chi connectivity index (χ2v) is 4.88. The molecule has 0 aromatic rings. The molecule has 1 saturated heterocycles. The third-order valence-electron chi connectivity index (χ3n) is 3.18. The van der Waals surface area contributed by atoms with Gasteiger partial charge in [-0.25, -0.2) is 0 Å². The summed E-state index contributed by atoms with van der Waals surface area (Å²) >= 11 is 0. The van der Waals surface area contributed by atoms with Crippen molar-refractivity contribution >= 4 is 0 Å². The van der Waals surface area contributed by atoms with E-state index in [1.54, 1.807) is 0 Å². The van der Waals surface area contributed by atoms with E-state index in [-0.39, 0.29) is 0 Å². The highest BCUT2D eigenvalue weighted by Gasteiger charge is 2.23. The molecule has 0 amide bonds. The molecule has 1 rings (SSSR count). The number of nitrogens with zero attached hydrogens (tertiary/aromatic N) is 2. The maximum Gasteiger partial charge on any atom is 0.0431 e. The third kappa shape index (κ3) is 4.96. The van der Waals surface area contributed by atoms with Crippen molar-refractivity contribution in [3.05, 3.63) is 0 Å². The van der Waals surface area contributed by atoms with E-state index in [1.807, 2.05) is 0 Å². The van der Waals surface area contributed by atoms with Gasteiger partial charge in [0.1, 0.15) is 0 Å². The first-order chi connectivity index (χ1) is 7.24. The minimum Gasteiger partial charge on any atom is -0.396 e. The van der Waals surface area contributed by atoms with Crippen molar-refractivity contribution in [2.24, 2.45) is 0 Å². The van der Waals surface area contributed by atoms with E-state index >= 15 is 0 Å². The lowest BCUT2D eigenvalue weighted by molar-refractivity contribution is 0.201. The Morgan fingerprint density at radius 1 is 1.27 bits per heavy atom. The van der Waals surface area contributed by atoms with E-state index in [4.69, 9.17) is 5.11 Å². The lowest BCUT2D eigenvalue weighted by Crippen LogP contribution is -2.38. The number of hydrogen-bond acceptors (Lipinski definition) is 3. The summed E-state index contributed by atoms with van der Waals surface area (Å²) in [6.45, 7) is 4.04. The average molecular weight is 214 g/mol.